The van der Waals surface area contributed by atoms with Crippen molar-refractivity contribution in [1.82, 2.24) is 10.2 Å². The fraction of sp³-hybridized carbons (Fsp3) is 0.500. The molecule has 1 heterocycles. The van der Waals surface area contributed by atoms with E-state index in [2.05, 4.69) is 5.32 Å². The van der Waals surface area contributed by atoms with Gasteiger partial charge in [-0.15, -0.1) is 0 Å². The Morgan fingerprint density at radius 2 is 1.71 bits per heavy atom. The standard InChI is InChI=1S/C18H22N2O4/c21-16-13-8-4-5-9-14(13)17(22)20(16)15(10-11-19-18(23)24)12-6-2-1-3-7-12/h4-5,8-9,12,15,19H,1-3,6-7,10-11H2,(H,23,24). The van der Waals surface area contributed by atoms with Gasteiger partial charge in [-0.3, -0.25) is 14.5 Å². The van der Waals surface area contributed by atoms with Crippen LogP contribution in [-0.2, 0) is 0 Å². The maximum atomic E-state index is 12.8. The van der Waals surface area contributed by atoms with Crippen LogP contribution in [0.4, 0.5) is 4.79 Å². The zero-order chi connectivity index (χ0) is 17.1. The highest BCUT2D eigenvalue weighted by atomic mass is 16.4. The van der Waals surface area contributed by atoms with Gasteiger partial charge in [0.25, 0.3) is 11.8 Å². The van der Waals surface area contributed by atoms with Crippen molar-refractivity contribution in [2.45, 2.75) is 44.6 Å². The Morgan fingerprint density at radius 3 is 2.25 bits per heavy atom. The van der Waals surface area contributed by atoms with Gasteiger partial charge in [-0.2, -0.15) is 0 Å². The number of nitrogens with zero attached hydrogens (tertiary/aromatic N) is 1. The van der Waals surface area contributed by atoms with Crippen molar-refractivity contribution in [2.75, 3.05) is 6.54 Å². The number of carbonyl (C=O) groups is 3. The first-order chi connectivity index (χ1) is 11.6. The van der Waals surface area contributed by atoms with Crippen molar-refractivity contribution in [3.63, 3.8) is 0 Å². The Balaban J connectivity index is 1.83. The van der Waals surface area contributed by atoms with Crippen molar-refractivity contribution < 1.29 is 19.5 Å². The molecule has 0 bridgehead atoms. The third kappa shape index (κ3) is 3.13. The topological polar surface area (TPSA) is 86.7 Å². The van der Waals surface area contributed by atoms with Crippen LogP contribution in [0.25, 0.3) is 0 Å². The summed E-state index contributed by atoms with van der Waals surface area (Å²) >= 11 is 0. The molecule has 0 saturated heterocycles. The summed E-state index contributed by atoms with van der Waals surface area (Å²) in [6, 6.07) is 6.64. The van der Waals surface area contributed by atoms with Crippen LogP contribution in [0.3, 0.4) is 0 Å². The Hall–Kier alpha value is -2.37. The molecule has 128 valence electrons. The first-order valence-electron chi connectivity index (χ1n) is 8.53. The van der Waals surface area contributed by atoms with Gasteiger partial charge in [-0.05, 0) is 37.3 Å². The average Bonchev–Trinajstić information content (AvgIpc) is 2.84. The number of rotatable bonds is 5. The summed E-state index contributed by atoms with van der Waals surface area (Å²) in [5.41, 5.74) is 0.906. The predicted octanol–water partition coefficient (Wildman–Crippen LogP) is 2.89. The fourth-order valence-electron chi connectivity index (χ4n) is 3.93. The highest BCUT2D eigenvalue weighted by Crippen LogP contribution is 2.34. The molecule has 6 heteroatoms. The number of imide groups is 1. The molecule has 3 amide bonds. The summed E-state index contributed by atoms with van der Waals surface area (Å²) in [7, 11) is 0. The number of benzene rings is 1. The van der Waals surface area contributed by atoms with Crippen molar-refractivity contribution in [1.29, 1.82) is 0 Å². The van der Waals surface area contributed by atoms with Crippen molar-refractivity contribution in [3.05, 3.63) is 35.4 Å². The molecular formula is C18H22N2O4. The molecule has 1 saturated carbocycles. The van der Waals surface area contributed by atoms with E-state index in [9.17, 15) is 14.4 Å². The molecule has 0 spiro atoms. The van der Waals surface area contributed by atoms with Crippen LogP contribution in [0.5, 0.6) is 0 Å². The van der Waals surface area contributed by atoms with Crippen LogP contribution in [0.1, 0.15) is 59.2 Å². The predicted molar refractivity (Wildman–Crippen MR) is 87.9 cm³/mol. The monoisotopic (exact) mass is 330 g/mol. The molecule has 1 aliphatic carbocycles. The molecule has 1 fully saturated rings. The lowest BCUT2D eigenvalue weighted by Gasteiger charge is -2.35. The molecular weight excluding hydrogens is 308 g/mol. The molecule has 0 radical (unpaired) electrons. The Morgan fingerprint density at radius 1 is 1.12 bits per heavy atom. The molecule has 1 unspecified atom stereocenters. The lowest BCUT2D eigenvalue weighted by atomic mass is 9.82. The number of fused-ring (bicyclic) bond motifs is 1. The first-order valence-corrected chi connectivity index (χ1v) is 8.53. The minimum atomic E-state index is -1.08. The van der Waals surface area contributed by atoms with E-state index in [1.807, 2.05) is 0 Å². The lowest BCUT2D eigenvalue weighted by molar-refractivity contribution is 0.0486. The zero-order valence-corrected chi connectivity index (χ0v) is 13.5. The zero-order valence-electron chi connectivity index (χ0n) is 13.5. The van der Waals surface area contributed by atoms with E-state index in [1.165, 1.54) is 11.3 Å². The van der Waals surface area contributed by atoms with E-state index in [4.69, 9.17) is 5.11 Å². The molecule has 2 aliphatic rings. The molecule has 1 atom stereocenters. The molecule has 1 aromatic carbocycles. The summed E-state index contributed by atoms with van der Waals surface area (Å²) in [5.74, 6) is -0.250. The molecule has 2 N–H and O–H groups in total. The number of carboxylic acid groups (broad SMARTS) is 1. The molecule has 1 aromatic rings. The summed E-state index contributed by atoms with van der Waals surface area (Å²) in [5, 5.41) is 11.1. The Kier molecular flexibility index (Phi) is 4.83. The third-order valence-electron chi connectivity index (χ3n) is 5.07. The number of amides is 3. The van der Waals surface area contributed by atoms with Gasteiger partial charge >= 0.3 is 6.09 Å². The Bertz CT molecular complexity index is 617. The molecule has 24 heavy (non-hydrogen) atoms. The SMILES string of the molecule is O=C(O)NCCC(C1CCCCC1)N1C(=O)c2ccccc2C1=O. The maximum absolute atomic E-state index is 12.8. The van der Waals surface area contributed by atoms with Crippen LogP contribution in [-0.4, -0.2) is 40.5 Å². The van der Waals surface area contributed by atoms with Crippen LogP contribution in [0.15, 0.2) is 24.3 Å². The van der Waals surface area contributed by atoms with Gasteiger partial charge in [0.2, 0.25) is 0 Å². The number of nitrogens with one attached hydrogen (secondary N) is 1. The van der Waals surface area contributed by atoms with Gasteiger partial charge in [-0.1, -0.05) is 31.4 Å². The summed E-state index contributed by atoms with van der Waals surface area (Å²) < 4.78 is 0. The van der Waals surface area contributed by atoms with Crippen molar-refractivity contribution in [2.24, 2.45) is 5.92 Å². The summed E-state index contributed by atoms with van der Waals surface area (Å²) in [6.07, 6.45) is 4.70. The van der Waals surface area contributed by atoms with E-state index in [0.717, 1.165) is 25.7 Å². The van der Waals surface area contributed by atoms with Gasteiger partial charge in [-0.25, -0.2) is 4.79 Å². The Labute approximate surface area is 140 Å². The van der Waals surface area contributed by atoms with E-state index in [1.54, 1.807) is 24.3 Å². The molecule has 6 nitrogen and oxygen atoms in total. The van der Waals surface area contributed by atoms with Crippen LogP contribution in [0, 0.1) is 5.92 Å². The van der Waals surface area contributed by atoms with Gasteiger partial charge < -0.3 is 10.4 Å². The molecule has 0 aromatic heterocycles. The smallest absolute Gasteiger partial charge is 0.404 e. The number of hydrogen-bond acceptors (Lipinski definition) is 3. The lowest BCUT2D eigenvalue weighted by Crippen LogP contribution is -2.46. The highest BCUT2D eigenvalue weighted by molar-refractivity contribution is 6.21. The van der Waals surface area contributed by atoms with Crippen molar-refractivity contribution >= 4 is 17.9 Å². The normalized spacial score (nSPS) is 19.2. The van der Waals surface area contributed by atoms with Crippen molar-refractivity contribution in [3.8, 4) is 0 Å². The number of hydrogen-bond donors (Lipinski definition) is 2. The van der Waals surface area contributed by atoms with Crippen LogP contribution < -0.4 is 5.32 Å². The van der Waals surface area contributed by atoms with Gasteiger partial charge in [0, 0.05) is 12.6 Å². The first kappa shape index (κ1) is 16.5. The maximum Gasteiger partial charge on any atom is 0.404 e. The highest BCUT2D eigenvalue weighted by Gasteiger charge is 2.42. The third-order valence-corrected chi connectivity index (χ3v) is 5.07. The van der Waals surface area contributed by atoms with E-state index in [-0.39, 0.29) is 30.3 Å². The second-order valence-electron chi connectivity index (χ2n) is 6.51. The second-order valence-corrected chi connectivity index (χ2v) is 6.51. The number of carbonyl (C=O) groups excluding carboxylic acids is 2. The summed E-state index contributed by atoms with van der Waals surface area (Å²) in [6.45, 7) is 0.240. The van der Waals surface area contributed by atoms with Crippen LogP contribution >= 0.6 is 0 Å². The van der Waals surface area contributed by atoms with Gasteiger partial charge in [0.05, 0.1) is 11.1 Å². The largest absolute Gasteiger partial charge is 0.465 e. The van der Waals surface area contributed by atoms with E-state index >= 15 is 0 Å². The van der Waals surface area contributed by atoms with Gasteiger partial charge in [0.15, 0.2) is 0 Å². The minimum absolute atomic E-state index is 0.240. The van der Waals surface area contributed by atoms with E-state index in [0.29, 0.717) is 17.5 Å². The fourth-order valence-corrected chi connectivity index (χ4v) is 3.93. The second kappa shape index (κ2) is 7.03. The minimum Gasteiger partial charge on any atom is -0.465 e. The molecule has 1 aliphatic heterocycles. The van der Waals surface area contributed by atoms with E-state index < -0.39 is 6.09 Å². The van der Waals surface area contributed by atoms with Crippen LogP contribution in [0.2, 0.25) is 0 Å². The summed E-state index contributed by atoms with van der Waals surface area (Å²) in [4.78, 5) is 37.6. The van der Waals surface area contributed by atoms with Gasteiger partial charge in [0.1, 0.15) is 0 Å². The quantitative estimate of drug-likeness (QED) is 0.813. The average molecular weight is 330 g/mol. The molecule has 3 rings (SSSR count).